The van der Waals surface area contributed by atoms with Crippen LogP contribution in [0.1, 0.15) is 38.3 Å². The fraction of sp³-hybridized carbons (Fsp3) is 0.600. The zero-order valence-corrected chi connectivity index (χ0v) is 12.6. The highest BCUT2D eigenvalue weighted by Gasteiger charge is 2.39. The Morgan fingerprint density at radius 1 is 1.53 bits per heavy atom. The molecule has 0 amide bonds. The zero-order chi connectivity index (χ0) is 13.9. The standard InChI is InChI=1S/C15H22ClNO2/c1-4-17-14(15(2)8-5-9-19-15)11-6-7-13(18-3)12(16)10-11/h6-7,10,14,17H,4-5,8-9H2,1-3H3. The van der Waals surface area contributed by atoms with E-state index in [0.717, 1.165) is 31.6 Å². The van der Waals surface area contributed by atoms with E-state index in [-0.39, 0.29) is 11.6 Å². The fourth-order valence-electron chi connectivity index (χ4n) is 2.78. The second-order valence-corrected chi connectivity index (χ2v) is 5.56. The number of ether oxygens (including phenoxy) is 2. The summed E-state index contributed by atoms with van der Waals surface area (Å²) in [6, 6.07) is 6.11. The largest absolute Gasteiger partial charge is 0.495 e. The van der Waals surface area contributed by atoms with Crippen molar-refractivity contribution < 1.29 is 9.47 Å². The molecule has 0 saturated carbocycles. The molecule has 1 heterocycles. The third kappa shape index (κ3) is 3.04. The molecule has 0 aromatic heterocycles. The molecule has 0 aliphatic carbocycles. The number of nitrogens with one attached hydrogen (secondary N) is 1. The summed E-state index contributed by atoms with van der Waals surface area (Å²) in [5.74, 6) is 0.707. The van der Waals surface area contributed by atoms with Crippen molar-refractivity contribution in [3.63, 3.8) is 0 Å². The van der Waals surface area contributed by atoms with Crippen LogP contribution in [0, 0.1) is 0 Å². The van der Waals surface area contributed by atoms with Gasteiger partial charge in [0, 0.05) is 6.61 Å². The van der Waals surface area contributed by atoms with Crippen LogP contribution >= 0.6 is 11.6 Å². The normalized spacial score (nSPS) is 24.4. The molecular weight excluding hydrogens is 262 g/mol. The Kier molecular flexibility index (Phi) is 4.71. The number of hydrogen-bond donors (Lipinski definition) is 1. The number of likely N-dealkylation sites (N-methyl/N-ethyl adjacent to an activating group) is 1. The van der Waals surface area contributed by atoms with Crippen molar-refractivity contribution >= 4 is 11.6 Å². The van der Waals surface area contributed by atoms with Crippen molar-refractivity contribution in [3.8, 4) is 5.75 Å². The molecule has 0 bridgehead atoms. The minimum Gasteiger partial charge on any atom is -0.495 e. The van der Waals surface area contributed by atoms with Gasteiger partial charge in [0.05, 0.1) is 23.8 Å². The topological polar surface area (TPSA) is 30.5 Å². The van der Waals surface area contributed by atoms with E-state index in [9.17, 15) is 0 Å². The lowest BCUT2D eigenvalue weighted by atomic mass is 9.87. The summed E-state index contributed by atoms with van der Waals surface area (Å²) in [7, 11) is 1.63. The summed E-state index contributed by atoms with van der Waals surface area (Å²) >= 11 is 6.23. The molecule has 2 atom stereocenters. The molecule has 3 nitrogen and oxygen atoms in total. The van der Waals surface area contributed by atoms with Crippen molar-refractivity contribution in [2.24, 2.45) is 0 Å². The van der Waals surface area contributed by atoms with Crippen LogP contribution in [0.3, 0.4) is 0 Å². The van der Waals surface area contributed by atoms with E-state index in [0.29, 0.717) is 10.8 Å². The van der Waals surface area contributed by atoms with Gasteiger partial charge in [0.15, 0.2) is 0 Å². The molecule has 1 fully saturated rings. The first-order chi connectivity index (χ1) is 9.10. The van der Waals surface area contributed by atoms with E-state index in [1.165, 1.54) is 0 Å². The van der Waals surface area contributed by atoms with Gasteiger partial charge in [0.25, 0.3) is 0 Å². The van der Waals surface area contributed by atoms with E-state index < -0.39 is 0 Å². The maximum absolute atomic E-state index is 6.23. The first kappa shape index (κ1) is 14.6. The van der Waals surface area contributed by atoms with E-state index in [2.05, 4.69) is 25.2 Å². The predicted molar refractivity (Wildman–Crippen MR) is 78.0 cm³/mol. The van der Waals surface area contributed by atoms with Crippen molar-refractivity contribution in [1.29, 1.82) is 0 Å². The maximum Gasteiger partial charge on any atom is 0.137 e. The van der Waals surface area contributed by atoms with Gasteiger partial charge >= 0.3 is 0 Å². The van der Waals surface area contributed by atoms with Crippen LogP contribution in [0.4, 0.5) is 0 Å². The van der Waals surface area contributed by atoms with Gasteiger partial charge in [-0.1, -0.05) is 24.6 Å². The van der Waals surface area contributed by atoms with E-state index in [1.807, 2.05) is 12.1 Å². The van der Waals surface area contributed by atoms with Crippen LogP contribution in [0.2, 0.25) is 5.02 Å². The summed E-state index contributed by atoms with van der Waals surface area (Å²) in [6.07, 6.45) is 2.18. The summed E-state index contributed by atoms with van der Waals surface area (Å²) in [5, 5.41) is 4.16. The zero-order valence-electron chi connectivity index (χ0n) is 11.8. The van der Waals surface area contributed by atoms with Crippen molar-refractivity contribution in [2.75, 3.05) is 20.3 Å². The van der Waals surface area contributed by atoms with Crippen molar-refractivity contribution in [2.45, 2.75) is 38.3 Å². The average Bonchev–Trinajstić information content (AvgIpc) is 2.83. The predicted octanol–water partition coefficient (Wildman–Crippen LogP) is 3.57. The molecule has 1 aromatic rings. The molecule has 2 unspecified atom stereocenters. The molecule has 1 aromatic carbocycles. The minimum absolute atomic E-state index is 0.156. The first-order valence-electron chi connectivity index (χ1n) is 6.81. The quantitative estimate of drug-likeness (QED) is 0.896. The molecule has 1 N–H and O–H groups in total. The Bertz CT molecular complexity index is 430. The molecule has 1 saturated heterocycles. The number of methoxy groups -OCH3 is 1. The molecule has 2 rings (SSSR count). The highest BCUT2D eigenvalue weighted by atomic mass is 35.5. The molecule has 1 aliphatic heterocycles. The third-order valence-corrected chi connectivity index (χ3v) is 4.07. The fourth-order valence-corrected chi connectivity index (χ4v) is 3.05. The average molecular weight is 284 g/mol. The number of halogens is 1. The van der Waals surface area contributed by atoms with E-state index in [4.69, 9.17) is 21.1 Å². The Morgan fingerprint density at radius 3 is 2.84 bits per heavy atom. The summed E-state index contributed by atoms with van der Waals surface area (Å²) in [4.78, 5) is 0. The molecular formula is C15H22ClNO2. The lowest BCUT2D eigenvalue weighted by Gasteiger charge is -2.34. The van der Waals surface area contributed by atoms with E-state index in [1.54, 1.807) is 7.11 Å². The lowest BCUT2D eigenvalue weighted by molar-refractivity contribution is -0.0121. The van der Waals surface area contributed by atoms with Gasteiger partial charge in [-0.25, -0.2) is 0 Å². The third-order valence-electron chi connectivity index (χ3n) is 3.78. The Balaban J connectivity index is 2.30. The molecule has 4 heteroatoms. The summed E-state index contributed by atoms with van der Waals surface area (Å²) in [6.45, 7) is 6.01. The second kappa shape index (κ2) is 6.12. The SMILES string of the molecule is CCNC(c1ccc(OC)c(Cl)c1)C1(C)CCCO1. The highest BCUT2D eigenvalue weighted by Crippen LogP contribution is 2.39. The molecule has 0 spiro atoms. The Hall–Kier alpha value is -0.770. The van der Waals surface area contributed by atoms with Crippen LogP contribution < -0.4 is 10.1 Å². The van der Waals surface area contributed by atoms with Gasteiger partial charge in [0.2, 0.25) is 0 Å². The first-order valence-corrected chi connectivity index (χ1v) is 7.19. The number of hydrogen-bond acceptors (Lipinski definition) is 3. The van der Waals surface area contributed by atoms with Crippen molar-refractivity contribution in [1.82, 2.24) is 5.32 Å². The van der Waals surface area contributed by atoms with E-state index >= 15 is 0 Å². The highest BCUT2D eigenvalue weighted by molar-refractivity contribution is 6.32. The molecule has 0 radical (unpaired) electrons. The van der Waals surface area contributed by atoms with Crippen LogP contribution in [0.25, 0.3) is 0 Å². The molecule has 106 valence electrons. The maximum atomic E-state index is 6.23. The Morgan fingerprint density at radius 2 is 2.32 bits per heavy atom. The van der Waals surface area contributed by atoms with Gasteiger partial charge in [-0.05, 0) is 44.0 Å². The minimum atomic E-state index is -0.159. The smallest absolute Gasteiger partial charge is 0.137 e. The Labute approximate surface area is 120 Å². The molecule has 1 aliphatic rings. The van der Waals surface area contributed by atoms with Crippen molar-refractivity contribution in [3.05, 3.63) is 28.8 Å². The second-order valence-electron chi connectivity index (χ2n) is 5.15. The van der Waals surface area contributed by atoms with Crippen LogP contribution in [0.5, 0.6) is 5.75 Å². The van der Waals surface area contributed by atoms with Gasteiger partial charge < -0.3 is 14.8 Å². The number of benzene rings is 1. The lowest BCUT2D eigenvalue weighted by Crippen LogP contribution is -2.41. The molecule has 19 heavy (non-hydrogen) atoms. The monoisotopic (exact) mass is 283 g/mol. The summed E-state index contributed by atoms with van der Waals surface area (Å²) in [5.41, 5.74) is 0.991. The van der Waals surface area contributed by atoms with Gasteiger partial charge in [-0.3, -0.25) is 0 Å². The van der Waals surface area contributed by atoms with Gasteiger partial charge in [-0.15, -0.1) is 0 Å². The van der Waals surface area contributed by atoms with Gasteiger partial charge in [-0.2, -0.15) is 0 Å². The van der Waals surface area contributed by atoms with Crippen LogP contribution in [0.15, 0.2) is 18.2 Å². The van der Waals surface area contributed by atoms with Crippen LogP contribution in [-0.4, -0.2) is 25.9 Å². The van der Waals surface area contributed by atoms with Crippen LogP contribution in [-0.2, 0) is 4.74 Å². The number of rotatable bonds is 5. The summed E-state index contributed by atoms with van der Waals surface area (Å²) < 4.78 is 11.2. The van der Waals surface area contributed by atoms with Gasteiger partial charge in [0.1, 0.15) is 5.75 Å².